The number of allylic oxidation sites excluding steroid dienone is 3. The van der Waals surface area contributed by atoms with Crippen LogP contribution in [-0.2, 0) is 9.59 Å². The summed E-state index contributed by atoms with van der Waals surface area (Å²) in [5.41, 5.74) is 5.60. The highest BCUT2D eigenvalue weighted by atomic mass is 16.2. The summed E-state index contributed by atoms with van der Waals surface area (Å²) in [6.45, 7) is 10.9. The molecule has 0 aromatic carbocycles. The monoisotopic (exact) mass is 224 g/mol. The van der Waals surface area contributed by atoms with Crippen molar-refractivity contribution >= 4 is 11.8 Å². The normalized spacial score (nSPS) is 11.1. The maximum Gasteiger partial charge on any atom is 0.236 e. The number of hydrogen-bond acceptors (Lipinski definition) is 2. The van der Waals surface area contributed by atoms with Gasteiger partial charge in [0.2, 0.25) is 11.8 Å². The Balaban J connectivity index is 0. The second-order valence-electron chi connectivity index (χ2n) is 3.53. The Morgan fingerprint density at radius 2 is 2.00 bits per heavy atom. The van der Waals surface area contributed by atoms with Crippen molar-refractivity contribution in [2.75, 3.05) is 0 Å². The Labute approximate surface area is 97.6 Å². The quantitative estimate of drug-likeness (QED) is 0.550. The lowest BCUT2D eigenvalue weighted by molar-refractivity contribution is -0.134. The molecular formula is C12H20N2O2. The summed E-state index contributed by atoms with van der Waals surface area (Å²) in [6.07, 6.45) is 4.46. The van der Waals surface area contributed by atoms with E-state index in [1.54, 1.807) is 18.2 Å². The van der Waals surface area contributed by atoms with E-state index in [0.29, 0.717) is 5.70 Å². The van der Waals surface area contributed by atoms with Crippen molar-refractivity contribution < 1.29 is 11.0 Å². The molecule has 16 heavy (non-hydrogen) atoms. The zero-order chi connectivity index (χ0) is 12.7. The molecule has 0 saturated carbocycles. The lowest BCUT2D eigenvalue weighted by Gasteiger charge is -2.27. The summed E-state index contributed by atoms with van der Waals surface area (Å²) in [5.74, 6) is -0.979. The second-order valence-corrected chi connectivity index (χ2v) is 3.53. The van der Waals surface area contributed by atoms with E-state index in [2.05, 4.69) is 13.2 Å². The van der Waals surface area contributed by atoms with Crippen LogP contribution < -0.4 is 5.73 Å². The van der Waals surface area contributed by atoms with Gasteiger partial charge >= 0.3 is 0 Å². The smallest absolute Gasteiger partial charge is 0.236 e. The highest BCUT2D eigenvalue weighted by molar-refractivity contribution is 5.97. The van der Waals surface area contributed by atoms with Crippen molar-refractivity contribution in [3.05, 3.63) is 37.1 Å². The van der Waals surface area contributed by atoms with Gasteiger partial charge in [0.05, 0.1) is 0 Å². The first-order valence-corrected chi connectivity index (χ1v) is 4.99. The number of hydrogen-bond donors (Lipinski definition) is 1. The van der Waals surface area contributed by atoms with E-state index in [0.717, 1.165) is 0 Å². The molecule has 4 heteroatoms. The molecule has 0 aliphatic rings. The lowest BCUT2D eigenvalue weighted by atomic mass is 10.2. The Bertz CT molecular complexity index is 335. The van der Waals surface area contributed by atoms with Gasteiger partial charge in [-0.2, -0.15) is 0 Å². The summed E-state index contributed by atoms with van der Waals surface area (Å²) in [4.78, 5) is 24.0. The van der Waals surface area contributed by atoms with Crippen molar-refractivity contribution in [3.8, 4) is 0 Å². The number of amides is 2. The standard InChI is InChI=1S/C12H18N2O2.H2/c1-5-7-10(6-2)14(9(3)4)12(16)8-11(13)15;/h5-7,9H,1-2,8H2,3-4H3,(H2,13,15);1H/b10-7+;. The molecule has 0 saturated heterocycles. The molecule has 0 aromatic heterocycles. The van der Waals surface area contributed by atoms with Crippen molar-refractivity contribution in [2.45, 2.75) is 26.3 Å². The molecule has 2 amide bonds. The van der Waals surface area contributed by atoms with Gasteiger partial charge in [-0.1, -0.05) is 19.2 Å². The van der Waals surface area contributed by atoms with Crippen LogP contribution in [0.5, 0.6) is 0 Å². The van der Waals surface area contributed by atoms with Crippen LogP contribution in [0.25, 0.3) is 0 Å². The molecule has 90 valence electrons. The molecule has 0 unspecified atom stereocenters. The molecule has 0 radical (unpaired) electrons. The molecule has 0 rings (SSSR count). The topological polar surface area (TPSA) is 63.4 Å². The van der Waals surface area contributed by atoms with Gasteiger partial charge in [0.1, 0.15) is 6.42 Å². The third-order valence-electron chi connectivity index (χ3n) is 1.89. The van der Waals surface area contributed by atoms with Crippen LogP contribution >= 0.6 is 0 Å². The van der Waals surface area contributed by atoms with E-state index in [9.17, 15) is 9.59 Å². The van der Waals surface area contributed by atoms with E-state index >= 15 is 0 Å². The van der Waals surface area contributed by atoms with Crippen molar-refractivity contribution in [3.63, 3.8) is 0 Å². The fourth-order valence-electron chi connectivity index (χ4n) is 1.33. The predicted octanol–water partition coefficient (Wildman–Crippen LogP) is 1.60. The fourth-order valence-corrected chi connectivity index (χ4v) is 1.33. The van der Waals surface area contributed by atoms with Gasteiger partial charge in [-0.3, -0.25) is 9.59 Å². The summed E-state index contributed by atoms with van der Waals surface area (Å²) in [6, 6.07) is -0.0731. The highest BCUT2D eigenvalue weighted by Crippen LogP contribution is 2.12. The predicted molar refractivity (Wildman–Crippen MR) is 66.4 cm³/mol. The first-order chi connectivity index (χ1) is 7.43. The summed E-state index contributed by atoms with van der Waals surface area (Å²) >= 11 is 0. The number of nitrogens with zero attached hydrogens (tertiary/aromatic N) is 1. The molecule has 0 bridgehead atoms. The molecule has 0 aliphatic heterocycles. The zero-order valence-electron chi connectivity index (χ0n) is 9.77. The average Bonchev–Trinajstić information content (AvgIpc) is 2.15. The molecule has 0 fully saturated rings. The van der Waals surface area contributed by atoms with Gasteiger partial charge in [0.25, 0.3) is 0 Å². The minimum absolute atomic E-state index is 0. The third kappa shape index (κ3) is 4.13. The molecular weight excluding hydrogens is 204 g/mol. The summed E-state index contributed by atoms with van der Waals surface area (Å²) in [5, 5.41) is 0. The van der Waals surface area contributed by atoms with Crippen molar-refractivity contribution in [2.24, 2.45) is 5.73 Å². The second kappa shape index (κ2) is 6.61. The molecule has 2 N–H and O–H groups in total. The first-order valence-electron chi connectivity index (χ1n) is 4.99. The Morgan fingerprint density at radius 1 is 1.44 bits per heavy atom. The maximum absolute atomic E-state index is 11.8. The van der Waals surface area contributed by atoms with Crippen LogP contribution in [0.1, 0.15) is 21.7 Å². The average molecular weight is 224 g/mol. The molecule has 0 aliphatic carbocycles. The van der Waals surface area contributed by atoms with E-state index in [1.807, 2.05) is 13.8 Å². The molecule has 0 heterocycles. The van der Waals surface area contributed by atoms with Crippen LogP contribution in [0.2, 0.25) is 0 Å². The number of carbonyl (C=O) groups is 2. The van der Waals surface area contributed by atoms with Crippen LogP contribution in [0, 0.1) is 0 Å². The largest absolute Gasteiger partial charge is 0.369 e. The Morgan fingerprint density at radius 3 is 2.31 bits per heavy atom. The molecule has 0 atom stereocenters. The van der Waals surface area contributed by atoms with Crippen molar-refractivity contribution in [1.29, 1.82) is 0 Å². The number of rotatable bonds is 6. The maximum atomic E-state index is 11.8. The number of nitrogens with two attached hydrogens (primary N) is 1. The SMILES string of the molecule is C=C/C=C(\C=C)N(C(=O)CC(N)=O)C(C)C.[HH]. The minimum atomic E-state index is -0.641. The van der Waals surface area contributed by atoms with Crippen LogP contribution in [0.15, 0.2) is 37.1 Å². The zero-order valence-corrected chi connectivity index (χ0v) is 9.77. The number of primary amides is 1. The molecule has 4 nitrogen and oxygen atoms in total. The van der Waals surface area contributed by atoms with E-state index in [-0.39, 0.29) is 19.8 Å². The first kappa shape index (κ1) is 14.2. The lowest BCUT2D eigenvalue weighted by Crippen LogP contribution is -2.37. The van der Waals surface area contributed by atoms with Crippen LogP contribution in [0.4, 0.5) is 0 Å². The summed E-state index contributed by atoms with van der Waals surface area (Å²) < 4.78 is 0. The van der Waals surface area contributed by atoms with Gasteiger partial charge in [-0.15, -0.1) is 0 Å². The highest BCUT2D eigenvalue weighted by Gasteiger charge is 2.20. The Hall–Kier alpha value is -1.84. The third-order valence-corrected chi connectivity index (χ3v) is 1.89. The Kier molecular flexibility index (Phi) is 5.85. The van der Waals surface area contributed by atoms with E-state index < -0.39 is 5.91 Å². The summed E-state index contributed by atoms with van der Waals surface area (Å²) in [7, 11) is 0. The van der Waals surface area contributed by atoms with E-state index in [1.165, 1.54) is 4.90 Å². The van der Waals surface area contributed by atoms with Gasteiger partial charge in [-0.05, 0) is 26.0 Å². The van der Waals surface area contributed by atoms with Gasteiger partial charge in [0.15, 0.2) is 0 Å². The van der Waals surface area contributed by atoms with Crippen molar-refractivity contribution in [1.82, 2.24) is 4.90 Å². The molecule has 0 spiro atoms. The van der Waals surface area contributed by atoms with Gasteiger partial charge in [-0.25, -0.2) is 0 Å². The minimum Gasteiger partial charge on any atom is -0.369 e. The fraction of sp³-hybridized carbons (Fsp3) is 0.333. The van der Waals surface area contributed by atoms with Gasteiger partial charge in [0, 0.05) is 13.2 Å². The molecule has 0 aromatic rings. The van der Waals surface area contributed by atoms with Crippen LogP contribution in [0.3, 0.4) is 0 Å². The number of carbonyl (C=O) groups excluding carboxylic acids is 2. The van der Waals surface area contributed by atoms with E-state index in [4.69, 9.17) is 5.73 Å². The van der Waals surface area contributed by atoms with Crippen LogP contribution in [-0.4, -0.2) is 22.8 Å². The van der Waals surface area contributed by atoms with Gasteiger partial charge < -0.3 is 10.6 Å².